The Labute approximate surface area is 104 Å². The lowest BCUT2D eigenvalue weighted by molar-refractivity contribution is 0.174. The van der Waals surface area contributed by atoms with Gasteiger partial charge in [0.25, 0.3) is 0 Å². The lowest BCUT2D eigenvalue weighted by Crippen LogP contribution is -2.33. The van der Waals surface area contributed by atoms with Gasteiger partial charge in [-0.2, -0.15) is 0 Å². The average molecular weight is 233 g/mol. The van der Waals surface area contributed by atoms with E-state index in [4.69, 9.17) is 0 Å². The number of anilines is 1. The van der Waals surface area contributed by atoms with Crippen LogP contribution >= 0.6 is 0 Å². The van der Waals surface area contributed by atoms with Crippen LogP contribution in [0.4, 0.5) is 5.69 Å². The Morgan fingerprint density at radius 1 is 1.29 bits per heavy atom. The molecule has 0 spiro atoms. The third-order valence-electron chi connectivity index (χ3n) is 3.81. The molecule has 0 unspecified atom stereocenters. The fourth-order valence-electron chi connectivity index (χ4n) is 2.53. The molecular formula is C15H23NO. The van der Waals surface area contributed by atoms with Gasteiger partial charge in [0.2, 0.25) is 0 Å². The van der Waals surface area contributed by atoms with Crippen molar-refractivity contribution in [1.29, 1.82) is 0 Å². The number of nitrogens with zero attached hydrogens (tertiary/aromatic N) is 1. The highest BCUT2D eigenvalue weighted by Crippen LogP contribution is 2.30. The molecule has 1 aliphatic rings. The number of piperidine rings is 1. The van der Waals surface area contributed by atoms with Crippen LogP contribution in [0.5, 0.6) is 0 Å². The molecule has 0 aromatic heterocycles. The van der Waals surface area contributed by atoms with Crippen LogP contribution in [0.25, 0.3) is 0 Å². The fraction of sp³-hybridized carbons (Fsp3) is 0.600. The number of rotatable bonds is 3. The lowest BCUT2D eigenvalue weighted by Gasteiger charge is -2.34. The van der Waals surface area contributed by atoms with Gasteiger partial charge in [0.15, 0.2) is 0 Å². The summed E-state index contributed by atoms with van der Waals surface area (Å²) in [7, 11) is 0. The molecule has 2 heteroatoms. The highest BCUT2D eigenvalue weighted by molar-refractivity contribution is 5.54. The minimum absolute atomic E-state index is 0.328. The smallest absolute Gasteiger partial charge is 0.0807 e. The van der Waals surface area contributed by atoms with Crippen molar-refractivity contribution in [2.75, 3.05) is 18.0 Å². The summed E-state index contributed by atoms with van der Waals surface area (Å²) in [5.41, 5.74) is 2.32. The second-order valence-corrected chi connectivity index (χ2v) is 5.15. The van der Waals surface area contributed by atoms with E-state index in [1.807, 2.05) is 13.0 Å². The quantitative estimate of drug-likeness (QED) is 0.865. The molecular weight excluding hydrogens is 210 g/mol. The highest BCUT2D eigenvalue weighted by Gasteiger charge is 2.19. The van der Waals surface area contributed by atoms with Crippen LogP contribution in [0.2, 0.25) is 0 Å². The predicted molar refractivity (Wildman–Crippen MR) is 72.3 cm³/mol. The van der Waals surface area contributed by atoms with Crippen molar-refractivity contribution in [3.05, 3.63) is 29.8 Å². The Hall–Kier alpha value is -1.02. The summed E-state index contributed by atoms with van der Waals surface area (Å²) in [5.74, 6) is 0.842. The predicted octanol–water partition coefficient (Wildman–Crippen LogP) is 3.37. The van der Waals surface area contributed by atoms with Crippen LogP contribution in [0.3, 0.4) is 0 Å². The van der Waals surface area contributed by atoms with Gasteiger partial charge in [-0.25, -0.2) is 0 Å². The van der Waals surface area contributed by atoms with Gasteiger partial charge in [-0.05, 0) is 31.2 Å². The number of hydrogen-bond donors (Lipinski definition) is 1. The molecule has 1 aromatic rings. The molecule has 94 valence electrons. The SMILES string of the molecule is CC[C@H](O)c1ccccc1N1CCC(C)CC1. The molecule has 0 radical (unpaired) electrons. The molecule has 2 nitrogen and oxygen atoms in total. The molecule has 0 aliphatic carbocycles. The molecule has 1 saturated heterocycles. The van der Waals surface area contributed by atoms with E-state index in [-0.39, 0.29) is 6.10 Å². The molecule has 1 aliphatic heterocycles. The fourth-order valence-corrected chi connectivity index (χ4v) is 2.53. The molecule has 1 fully saturated rings. The van der Waals surface area contributed by atoms with E-state index < -0.39 is 0 Å². The molecule has 1 atom stereocenters. The maximum Gasteiger partial charge on any atom is 0.0807 e. The maximum absolute atomic E-state index is 10.1. The van der Waals surface area contributed by atoms with Crippen molar-refractivity contribution in [2.45, 2.75) is 39.2 Å². The van der Waals surface area contributed by atoms with E-state index in [9.17, 15) is 5.11 Å². The first-order valence-electron chi connectivity index (χ1n) is 6.74. The molecule has 2 rings (SSSR count). The largest absolute Gasteiger partial charge is 0.388 e. The Morgan fingerprint density at radius 2 is 1.94 bits per heavy atom. The first-order valence-corrected chi connectivity index (χ1v) is 6.74. The minimum atomic E-state index is -0.328. The lowest BCUT2D eigenvalue weighted by atomic mass is 9.97. The number of aliphatic hydroxyl groups is 1. The zero-order valence-corrected chi connectivity index (χ0v) is 10.9. The average Bonchev–Trinajstić information content (AvgIpc) is 2.39. The summed E-state index contributed by atoms with van der Waals surface area (Å²) < 4.78 is 0. The van der Waals surface area contributed by atoms with Crippen LogP contribution in [0.15, 0.2) is 24.3 Å². The number of para-hydroxylation sites is 1. The Bertz CT molecular complexity index is 356. The van der Waals surface area contributed by atoms with E-state index in [0.717, 1.165) is 31.0 Å². The Kier molecular flexibility index (Phi) is 4.06. The normalized spacial score (nSPS) is 19.4. The third-order valence-corrected chi connectivity index (χ3v) is 3.81. The van der Waals surface area contributed by atoms with Crippen LogP contribution in [0.1, 0.15) is 44.8 Å². The summed E-state index contributed by atoms with van der Waals surface area (Å²) in [6.45, 7) is 6.59. The van der Waals surface area contributed by atoms with Crippen molar-refractivity contribution in [3.63, 3.8) is 0 Å². The molecule has 0 bridgehead atoms. The molecule has 0 amide bonds. The van der Waals surface area contributed by atoms with Crippen molar-refractivity contribution in [2.24, 2.45) is 5.92 Å². The second-order valence-electron chi connectivity index (χ2n) is 5.15. The van der Waals surface area contributed by atoms with Crippen molar-refractivity contribution in [1.82, 2.24) is 0 Å². The number of hydrogen-bond acceptors (Lipinski definition) is 2. The van der Waals surface area contributed by atoms with Gasteiger partial charge in [-0.1, -0.05) is 32.0 Å². The summed E-state index contributed by atoms with van der Waals surface area (Å²) >= 11 is 0. The van der Waals surface area contributed by atoms with E-state index >= 15 is 0 Å². The van der Waals surface area contributed by atoms with Gasteiger partial charge in [0, 0.05) is 24.3 Å². The van der Waals surface area contributed by atoms with Crippen LogP contribution in [0, 0.1) is 5.92 Å². The zero-order chi connectivity index (χ0) is 12.3. The van der Waals surface area contributed by atoms with Crippen molar-refractivity contribution >= 4 is 5.69 Å². The first kappa shape index (κ1) is 12.4. The topological polar surface area (TPSA) is 23.5 Å². The van der Waals surface area contributed by atoms with Gasteiger partial charge in [-0.3, -0.25) is 0 Å². The van der Waals surface area contributed by atoms with Gasteiger partial charge >= 0.3 is 0 Å². The molecule has 0 saturated carbocycles. The second kappa shape index (κ2) is 5.54. The summed E-state index contributed by atoms with van der Waals surface area (Å²) in [4.78, 5) is 2.42. The van der Waals surface area contributed by atoms with Crippen LogP contribution < -0.4 is 4.90 Å². The minimum Gasteiger partial charge on any atom is -0.388 e. The number of aliphatic hydroxyl groups excluding tert-OH is 1. The van der Waals surface area contributed by atoms with E-state index in [1.54, 1.807) is 0 Å². The van der Waals surface area contributed by atoms with Crippen LogP contribution in [-0.4, -0.2) is 18.2 Å². The maximum atomic E-state index is 10.1. The van der Waals surface area contributed by atoms with Gasteiger partial charge < -0.3 is 10.0 Å². The molecule has 17 heavy (non-hydrogen) atoms. The van der Waals surface area contributed by atoms with Crippen LogP contribution in [-0.2, 0) is 0 Å². The molecule has 1 heterocycles. The standard InChI is InChI=1S/C15H23NO/c1-3-15(17)13-6-4-5-7-14(13)16-10-8-12(2)9-11-16/h4-7,12,15,17H,3,8-11H2,1-2H3/t15-/m0/s1. The van der Waals surface area contributed by atoms with Gasteiger partial charge in [0.1, 0.15) is 0 Å². The monoisotopic (exact) mass is 233 g/mol. The van der Waals surface area contributed by atoms with Gasteiger partial charge in [0.05, 0.1) is 6.10 Å². The summed E-state index contributed by atoms with van der Waals surface area (Å²) in [6.07, 6.45) is 2.97. The summed E-state index contributed by atoms with van der Waals surface area (Å²) in [6, 6.07) is 8.29. The molecule has 1 N–H and O–H groups in total. The van der Waals surface area contributed by atoms with Crippen molar-refractivity contribution in [3.8, 4) is 0 Å². The summed E-state index contributed by atoms with van der Waals surface area (Å²) in [5, 5.41) is 10.1. The van der Waals surface area contributed by atoms with E-state index in [2.05, 4.69) is 30.0 Å². The Balaban J connectivity index is 2.19. The zero-order valence-electron chi connectivity index (χ0n) is 10.9. The number of benzene rings is 1. The highest BCUT2D eigenvalue weighted by atomic mass is 16.3. The Morgan fingerprint density at radius 3 is 2.59 bits per heavy atom. The molecule has 1 aromatic carbocycles. The van der Waals surface area contributed by atoms with Crippen molar-refractivity contribution < 1.29 is 5.11 Å². The first-order chi connectivity index (χ1) is 8.22. The van der Waals surface area contributed by atoms with E-state index in [1.165, 1.54) is 18.5 Å². The van der Waals surface area contributed by atoms with E-state index in [0.29, 0.717) is 0 Å². The van der Waals surface area contributed by atoms with Gasteiger partial charge in [-0.15, -0.1) is 0 Å². The third kappa shape index (κ3) is 2.81.